The molecule has 0 aliphatic heterocycles. The highest BCUT2D eigenvalue weighted by molar-refractivity contribution is 7.22. The molecule has 100 valence electrons. The van der Waals surface area contributed by atoms with Gasteiger partial charge in [-0.05, 0) is 37.6 Å². The predicted octanol–water partition coefficient (Wildman–Crippen LogP) is 4.17. The molecule has 3 rings (SSSR count). The van der Waals surface area contributed by atoms with Gasteiger partial charge in [0, 0.05) is 5.56 Å². The number of para-hydroxylation sites is 1. The zero-order chi connectivity index (χ0) is 14.1. The molecule has 0 spiro atoms. The number of amides is 1. The number of anilines is 1. The van der Waals surface area contributed by atoms with Crippen molar-refractivity contribution in [2.24, 2.45) is 0 Å². The minimum atomic E-state index is -0.120. The Labute approximate surface area is 121 Å². The second-order valence-electron chi connectivity index (χ2n) is 4.76. The molecule has 20 heavy (non-hydrogen) atoms. The van der Waals surface area contributed by atoms with Crippen molar-refractivity contribution in [1.29, 1.82) is 0 Å². The molecule has 4 heteroatoms. The molecule has 3 aromatic rings. The summed E-state index contributed by atoms with van der Waals surface area (Å²) in [5.74, 6) is -0.120. The highest BCUT2D eigenvalue weighted by atomic mass is 32.1. The van der Waals surface area contributed by atoms with Gasteiger partial charge < -0.3 is 0 Å². The lowest BCUT2D eigenvalue weighted by Gasteiger charge is -2.02. The van der Waals surface area contributed by atoms with E-state index in [-0.39, 0.29) is 5.91 Å². The molecule has 0 aliphatic rings. The number of carbonyl (C=O) groups excluding carboxylic acids is 1. The number of hydrogen-bond acceptors (Lipinski definition) is 3. The number of rotatable bonds is 2. The van der Waals surface area contributed by atoms with Crippen molar-refractivity contribution < 1.29 is 4.79 Å². The first-order valence-corrected chi connectivity index (χ1v) is 7.19. The van der Waals surface area contributed by atoms with Gasteiger partial charge in [-0.3, -0.25) is 10.1 Å². The first-order chi connectivity index (χ1) is 9.63. The number of hydrogen-bond donors (Lipinski definition) is 1. The van der Waals surface area contributed by atoms with E-state index < -0.39 is 0 Å². The van der Waals surface area contributed by atoms with E-state index in [0.29, 0.717) is 10.7 Å². The number of thiazole rings is 1. The summed E-state index contributed by atoms with van der Waals surface area (Å²) in [6.45, 7) is 3.99. The minimum absolute atomic E-state index is 0.120. The Bertz CT molecular complexity index is 792. The van der Waals surface area contributed by atoms with Crippen LogP contribution in [0.15, 0.2) is 42.5 Å². The van der Waals surface area contributed by atoms with Crippen LogP contribution in [0.3, 0.4) is 0 Å². The maximum atomic E-state index is 12.2. The fraction of sp³-hybridized carbons (Fsp3) is 0.125. The summed E-state index contributed by atoms with van der Waals surface area (Å²) in [6.07, 6.45) is 0. The van der Waals surface area contributed by atoms with E-state index in [1.165, 1.54) is 11.3 Å². The fourth-order valence-corrected chi connectivity index (χ4v) is 3.03. The van der Waals surface area contributed by atoms with Crippen LogP contribution in [0.4, 0.5) is 5.13 Å². The summed E-state index contributed by atoms with van der Waals surface area (Å²) >= 11 is 1.50. The van der Waals surface area contributed by atoms with Crippen LogP contribution >= 0.6 is 11.3 Å². The lowest BCUT2D eigenvalue weighted by molar-refractivity contribution is 0.102. The van der Waals surface area contributed by atoms with Crippen molar-refractivity contribution in [2.75, 3.05) is 5.32 Å². The Morgan fingerprint density at radius 2 is 1.95 bits per heavy atom. The van der Waals surface area contributed by atoms with E-state index in [0.717, 1.165) is 21.3 Å². The van der Waals surface area contributed by atoms with Crippen molar-refractivity contribution >= 4 is 32.6 Å². The SMILES string of the molecule is Cc1cccc(C(=O)Nc2nc3c(C)cccc3s2)c1. The molecule has 1 N–H and O–H groups in total. The number of aromatic nitrogens is 1. The van der Waals surface area contributed by atoms with Gasteiger partial charge >= 0.3 is 0 Å². The maximum absolute atomic E-state index is 12.2. The maximum Gasteiger partial charge on any atom is 0.257 e. The monoisotopic (exact) mass is 282 g/mol. The number of aryl methyl sites for hydroxylation is 2. The summed E-state index contributed by atoms with van der Waals surface area (Å²) in [7, 11) is 0. The Balaban J connectivity index is 1.89. The van der Waals surface area contributed by atoms with Crippen molar-refractivity contribution in [3.8, 4) is 0 Å². The summed E-state index contributed by atoms with van der Waals surface area (Å²) in [4.78, 5) is 16.7. The second kappa shape index (κ2) is 5.06. The molecule has 0 unspecified atom stereocenters. The molecular formula is C16H14N2OS. The molecule has 1 amide bonds. The van der Waals surface area contributed by atoms with Crippen LogP contribution in [0.2, 0.25) is 0 Å². The van der Waals surface area contributed by atoms with Gasteiger partial charge in [-0.15, -0.1) is 0 Å². The van der Waals surface area contributed by atoms with Crippen LogP contribution in [0.5, 0.6) is 0 Å². The Morgan fingerprint density at radius 3 is 2.70 bits per heavy atom. The van der Waals surface area contributed by atoms with Gasteiger partial charge in [-0.25, -0.2) is 4.98 Å². The average Bonchev–Trinajstić information content (AvgIpc) is 2.83. The molecule has 0 fully saturated rings. The largest absolute Gasteiger partial charge is 0.298 e. The Hall–Kier alpha value is -2.20. The van der Waals surface area contributed by atoms with E-state index in [9.17, 15) is 4.79 Å². The lowest BCUT2D eigenvalue weighted by atomic mass is 10.1. The molecule has 0 saturated carbocycles. The molecule has 1 aromatic heterocycles. The summed E-state index contributed by atoms with van der Waals surface area (Å²) < 4.78 is 1.09. The topological polar surface area (TPSA) is 42.0 Å². The third-order valence-electron chi connectivity index (χ3n) is 3.12. The van der Waals surface area contributed by atoms with E-state index in [1.807, 2.05) is 50.2 Å². The van der Waals surface area contributed by atoms with Crippen LogP contribution in [0.1, 0.15) is 21.5 Å². The molecule has 2 aromatic carbocycles. The molecule has 3 nitrogen and oxygen atoms in total. The highest BCUT2D eigenvalue weighted by Gasteiger charge is 2.10. The van der Waals surface area contributed by atoms with Crippen molar-refractivity contribution in [3.63, 3.8) is 0 Å². The van der Waals surface area contributed by atoms with Gasteiger partial charge in [-0.1, -0.05) is 41.2 Å². The molecule has 0 atom stereocenters. The lowest BCUT2D eigenvalue weighted by Crippen LogP contribution is -2.11. The van der Waals surface area contributed by atoms with Gasteiger partial charge in [-0.2, -0.15) is 0 Å². The predicted molar refractivity (Wildman–Crippen MR) is 83.5 cm³/mol. The standard InChI is InChI=1S/C16H14N2OS/c1-10-5-3-7-12(9-10)15(19)18-16-17-14-11(2)6-4-8-13(14)20-16/h3-9H,1-2H3,(H,17,18,19). The van der Waals surface area contributed by atoms with Crippen LogP contribution in [0.25, 0.3) is 10.2 Å². The van der Waals surface area contributed by atoms with E-state index in [1.54, 1.807) is 6.07 Å². The van der Waals surface area contributed by atoms with Crippen molar-refractivity contribution in [3.05, 3.63) is 59.2 Å². The number of fused-ring (bicyclic) bond motifs is 1. The molecule has 1 heterocycles. The molecule has 0 bridgehead atoms. The zero-order valence-corrected chi connectivity index (χ0v) is 12.1. The summed E-state index contributed by atoms with van der Waals surface area (Å²) in [5, 5.41) is 3.51. The van der Waals surface area contributed by atoms with Crippen LogP contribution in [-0.4, -0.2) is 10.9 Å². The Kier molecular flexibility index (Phi) is 3.24. The van der Waals surface area contributed by atoms with Gasteiger partial charge in [0.05, 0.1) is 10.2 Å². The normalized spacial score (nSPS) is 10.7. The summed E-state index contributed by atoms with van der Waals surface area (Å²) in [6, 6.07) is 13.6. The Morgan fingerprint density at radius 1 is 1.15 bits per heavy atom. The molecule has 0 radical (unpaired) electrons. The van der Waals surface area contributed by atoms with Crippen LogP contribution < -0.4 is 5.32 Å². The number of nitrogens with one attached hydrogen (secondary N) is 1. The number of carbonyl (C=O) groups is 1. The van der Waals surface area contributed by atoms with Gasteiger partial charge in [0.1, 0.15) is 0 Å². The molecule has 0 aliphatic carbocycles. The number of nitrogens with zero attached hydrogens (tertiary/aromatic N) is 1. The van der Waals surface area contributed by atoms with E-state index in [2.05, 4.69) is 10.3 Å². The first-order valence-electron chi connectivity index (χ1n) is 6.37. The van der Waals surface area contributed by atoms with E-state index in [4.69, 9.17) is 0 Å². The average molecular weight is 282 g/mol. The minimum Gasteiger partial charge on any atom is -0.298 e. The van der Waals surface area contributed by atoms with Crippen molar-refractivity contribution in [1.82, 2.24) is 4.98 Å². The number of benzene rings is 2. The van der Waals surface area contributed by atoms with Crippen LogP contribution in [0, 0.1) is 13.8 Å². The molecule has 0 saturated heterocycles. The summed E-state index contributed by atoms with van der Waals surface area (Å²) in [5.41, 5.74) is 3.80. The zero-order valence-electron chi connectivity index (χ0n) is 11.3. The van der Waals surface area contributed by atoms with Gasteiger partial charge in [0.15, 0.2) is 5.13 Å². The smallest absolute Gasteiger partial charge is 0.257 e. The first kappa shape index (κ1) is 12.8. The van der Waals surface area contributed by atoms with Crippen LogP contribution in [-0.2, 0) is 0 Å². The van der Waals surface area contributed by atoms with Crippen molar-refractivity contribution in [2.45, 2.75) is 13.8 Å². The third kappa shape index (κ3) is 2.42. The second-order valence-corrected chi connectivity index (χ2v) is 5.79. The molecular weight excluding hydrogens is 268 g/mol. The third-order valence-corrected chi connectivity index (χ3v) is 4.06. The quantitative estimate of drug-likeness (QED) is 0.766. The van der Waals surface area contributed by atoms with E-state index >= 15 is 0 Å². The fourth-order valence-electron chi connectivity index (χ4n) is 2.10. The van der Waals surface area contributed by atoms with Gasteiger partial charge in [0.25, 0.3) is 5.91 Å². The highest BCUT2D eigenvalue weighted by Crippen LogP contribution is 2.28. The van der Waals surface area contributed by atoms with Gasteiger partial charge in [0.2, 0.25) is 0 Å².